The van der Waals surface area contributed by atoms with Gasteiger partial charge in [0.05, 0.1) is 18.8 Å². The number of hydrogen-bond acceptors (Lipinski definition) is 4. The van der Waals surface area contributed by atoms with Gasteiger partial charge in [0.25, 0.3) is 5.91 Å². The largest absolute Gasteiger partial charge is 0.379 e. The van der Waals surface area contributed by atoms with E-state index in [0.717, 1.165) is 32.0 Å². The number of carbonyl (C=O) groups is 1. The molecule has 1 amide bonds. The Morgan fingerprint density at radius 2 is 1.92 bits per heavy atom. The number of amides is 1. The monoisotopic (exact) mass is 345 g/mol. The minimum atomic E-state index is -0.201. The number of benzene rings is 1. The average molecular weight is 346 g/mol. The highest BCUT2D eigenvalue weighted by Gasteiger charge is 2.18. The van der Waals surface area contributed by atoms with E-state index in [1.54, 1.807) is 12.1 Å². The van der Waals surface area contributed by atoms with E-state index in [1.165, 1.54) is 11.8 Å². The molecule has 1 saturated heterocycles. The van der Waals surface area contributed by atoms with Gasteiger partial charge in [-0.05, 0) is 36.8 Å². The summed E-state index contributed by atoms with van der Waals surface area (Å²) < 4.78 is 5.40. The van der Waals surface area contributed by atoms with Crippen molar-refractivity contribution in [1.82, 2.24) is 9.88 Å². The molecular weight excluding hydrogens is 326 g/mol. The molecule has 1 aliphatic rings. The predicted octanol–water partition coefficient (Wildman–Crippen LogP) is 3.38. The lowest BCUT2D eigenvalue weighted by Gasteiger charge is -2.32. The van der Waals surface area contributed by atoms with Crippen LogP contribution in [0.15, 0.2) is 42.6 Å². The maximum atomic E-state index is 12.2. The first kappa shape index (κ1) is 16.9. The van der Waals surface area contributed by atoms with Gasteiger partial charge in [-0.25, -0.2) is 4.98 Å². The number of rotatable bonds is 4. The third-order valence-corrected chi connectivity index (χ3v) is 4.46. The molecule has 24 heavy (non-hydrogen) atoms. The number of nitrogens with one attached hydrogen (secondary N) is 1. The van der Waals surface area contributed by atoms with Gasteiger partial charge in [-0.2, -0.15) is 0 Å². The van der Waals surface area contributed by atoms with Gasteiger partial charge in [-0.15, -0.1) is 0 Å². The van der Waals surface area contributed by atoms with E-state index in [9.17, 15) is 4.79 Å². The standard InChI is InChI=1S/C18H20ClN3O2/c1-13(22-8-10-24-11-9-22)14-2-5-16(6-3-14)21-18(23)15-4-7-17(19)20-12-15/h2-7,12-13H,8-11H2,1H3,(H,21,23)/t13-/m1/s1. The zero-order chi connectivity index (χ0) is 16.9. The first-order chi connectivity index (χ1) is 11.6. The number of ether oxygens (including phenoxy) is 1. The molecule has 0 radical (unpaired) electrons. The van der Waals surface area contributed by atoms with E-state index in [0.29, 0.717) is 16.8 Å². The molecule has 0 unspecified atom stereocenters. The second-order valence-corrected chi connectivity index (χ2v) is 6.16. The fourth-order valence-electron chi connectivity index (χ4n) is 2.73. The van der Waals surface area contributed by atoms with Gasteiger partial charge in [0.2, 0.25) is 0 Å². The van der Waals surface area contributed by atoms with Crippen LogP contribution in [0, 0.1) is 0 Å². The van der Waals surface area contributed by atoms with Crippen LogP contribution in [0.25, 0.3) is 0 Å². The highest BCUT2D eigenvalue weighted by Crippen LogP contribution is 2.23. The number of hydrogen-bond donors (Lipinski definition) is 1. The van der Waals surface area contributed by atoms with Gasteiger partial charge in [0.15, 0.2) is 0 Å². The molecule has 1 N–H and O–H groups in total. The van der Waals surface area contributed by atoms with Crippen molar-refractivity contribution in [2.24, 2.45) is 0 Å². The average Bonchev–Trinajstić information content (AvgIpc) is 2.63. The Kier molecular flexibility index (Phi) is 5.45. The first-order valence-corrected chi connectivity index (χ1v) is 8.36. The maximum absolute atomic E-state index is 12.2. The molecule has 0 aliphatic carbocycles. The number of nitrogens with zero attached hydrogens (tertiary/aromatic N) is 2. The highest BCUT2D eigenvalue weighted by atomic mass is 35.5. The summed E-state index contributed by atoms with van der Waals surface area (Å²) in [5.74, 6) is -0.201. The van der Waals surface area contributed by atoms with E-state index in [4.69, 9.17) is 16.3 Å². The SMILES string of the molecule is C[C@H](c1ccc(NC(=O)c2ccc(Cl)nc2)cc1)N1CCOCC1. The molecule has 1 fully saturated rings. The molecule has 2 aromatic rings. The quantitative estimate of drug-likeness (QED) is 0.863. The molecule has 6 heteroatoms. The van der Waals surface area contributed by atoms with Crippen LogP contribution >= 0.6 is 11.6 Å². The third-order valence-electron chi connectivity index (χ3n) is 4.23. The van der Waals surface area contributed by atoms with Crippen molar-refractivity contribution in [3.05, 3.63) is 58.9 Å². The van der Waals surface area contributed by atoms with Crippen LogP contribution in [-0.4, -0.2) is 42.1 Å². The highest BCUT2D eigenvalue weighted by molar-refractivity contribution is 6.29. The summed E-state index contributed by atoms with van der Waals surface area (Å²) in [6.45, 7) is 5.66. The second-order valence-electron chi connectivity index (χ2n) is 5.77. The second kappa shape index (κ2) is 7.75. The van der Waals surface area contributed by atoms with Gasteiger partial charge in [0.1, 0.15) is 5.15 Å². The van der Waals surface area contributed by atoms with Crippen LogP contribution in [0.5, 0.6) is 0 Å². The summed E-state index contributed by atoms with van der Waals surface area (Å²) >= 11 is 5.73. The predicted molar refractivity (Wildman–Crippen MR) is 94.4 cm³/mol. The molecule has 1 atom stereocenters. The Hall–Kier alpha value is -1.95. The number of pyridine rings is 1. The number of anilines is 1. The van der Waals surface area contributed by atoms with E-state index in [1.807, 2.05) is 12.1 Å². The van der Waals surface area contributed by atoms with Gasteiger partial charge >= 0.3 is 0 Å². The molecule has 0 spiro atoms. The summed E-state index contributed by atoms with van der Waals surface area (Å²) in [4.78, 5) is 18.5. The Balaban J connectivity index is 1.63. The third kappa shape index (κ3) is 4.12. The van der Waals surface area contributed by atoms with Crippen molar-refractivity contribution in [3.8, 4) is 0 Å². The van der Waals surface area contributed by atoms with Crippen molar-refractivity contribution < 1.29 is 9.53 Å². The normalized spacial score (nSPS) is 16.6. The first-order valence-electron chi connectivity index (χ1n) is 7.98. The molecule has 0 bridgehead atoms. The number of morpholine rings is 1. The zero-order valence-corrected chi connectivity index (χ0v) is 14.3. The Labute approximate surface area is 146 Å². The van der Waals surface area contributed by atoms with E-state index in [2.05, 4.69) is 34.3 Å². The van der Waals surface area contributed by atoms with E-state index in [-0.39, 0.29) is 5.91 Å². The van der Waals surface area contributed by atoms with Crippen LogP contribution in [-0.2, 0) is 4.74 Å². The smallest absolute Gasteiger partial charge is 0.257 e. The lowest BCUT2D eigenvalue weighted by atomic mass is 10.1. The fraction of sp³-hybridized carbons (Fsp3) is 0.333. The topological polar surface area (TPSA) is 54.5 Å². The summed E-state index contributed by atoms with van der Waals surface area (Å²) in [6.07, 6.45) is 1.46. The Morgan fingerprint density at radius 3 is 2.54 bits per heavy atom. The Morgan fingerprint density at radius 1 is 1.21 bits per heavy atom. The summed E-state index contributed by atoms with van der Waals surface area (Å²) in [7, 11) is 0. The van der Waals surface area contributed by atoms with Crippen LogP contribution in [0.1, 0.15) is 28.9 Å². The minimum Gasteiger partial charge on any atom is -0.379 e. The molecule has 1 aromatic heterocycles. The molecule has 2 heterocycles. The molecule has 5 nitrogen and oxygen atoms in total. The minimum absolute atomic E-state index is 0.201. The van der Waals surface area contributed by atoms with Crippen molar-refractivity contribution >= 4 is 23.2 Å². The van der Waals surface area contributed by atoms with Crippen LogP contribution < -0.4 is 5.32 Å². The van der Waals surface area contributed by atoms with Crippen molar-refractivity contribution in [2.45, 2.75) is 13.0 Å². The number of carbonyl (C=O) groups excluding carboxylic acids is 1. The van der Waals surface area contributed by atoms with Crippen LogP contribution in [0.4, 0.5) is 5.69 Å². The van der Waals surface area contributed by atoms with E-state index >= 15 is 0 Å². The lowest BCUT2D eigenvalue weighted by molar-refractivity contribution is 0.0198. The van der Waals surface area contributed by atoms with Gasteiger partial charge in [-0.3, -0.25) is 9.69 Å². The van der Waals surface area contributed by atoms with Gasteiger partial charge < -0.3 is 10.1 Å². The molecular formula is C18H20ClN3O2. The molecule has 126 valence electrons. The fourth-order valence-corrected chi connectivity index (χ4v) is 2.85. The van der Waals surface area contributed by atoms with Crippen LogP contribution in [0.3, 0.4) is 0 Å². The maximum Gasteiger partial charge on any atom is 0.257 e. The lowest BCUT2D eigenvalue weighted by Crippen LogP contribution is -2.37. The zero-order valence-electron chi connectivity index (χ0n) is 13.5. The van der Waals surface area contributed by atoms with Gasteiger partial charge in [-0.1, -0.05) is 23.7 Å². The molecule has 3 rings (SSSR count). The summed E-state index contributed by atoms with van der Waals surface area (Å²) in [5.41, 5.74) is 2.46. The van der Waals surface area contributed by atoms with Crippen molar-refractivity contribution in [1.29, 1.82) is 0 Å². The van der Waals surface area contributed by atoms with Crippen LogP contribution in [0.2, 0.25) is 5.15 Å². The summed E-state index contributed by atoms with van der Waals surface area (Å²) in [5, 5.41) is 3.24. The number of aromatic nitrogens is 1. The molecule has 1 aromatic carbocycles. The molecule has 0 saturated carbocycles. The van der Waals surface area contributed by atoms with E-state index < -0.39 is 0 Å². The van der Waals surface area contributed by atoms with Gasteiger partial charge in [0, 0.05) is 31.0 Å². The number of halogens is 1. The molecule has 1 aliphatic heterocycles. The summed E-state index contributed by atoms with van der Waals surface area (Å²) in [6, 6.07) is 11.5. The van der Waals surface area contributed by atoms with Crippen molar-refractivity contribution in [3.63, 3.8) is 0 Å². The Bertz CT molecular complexity index is 682. The van der Waals surface area contributed by atoms with Crippen molar-refractivity contribution in [2.75, 3.05) is 31.6 Å².